The van der Waals surface area contributed by atoms with E-state index in [-0.39, 0.29) is 24.4 Å². The number of benzene rings is 1. The van der Waals surface area contributed by atoms with Crippen molar-refractivity contribution in [2.45, 2.75) is 51.3 Å². The number of pyridine rings is 1. The van der Waals surface area contributed by atoms with E-state index in [2.05, 4.69) is 15.2 Å². The lowest BCUT2D eigenvalue weighted by Crippen LogP contribution is -2.54. The molecule has 0 radical (unpaired) electrons. The Hall–Kier alpha value is -4.03. The average Bonchev–Trinajstić information content (AvgIpc) is 3.53. The second-order valence-corrected chi connectivity index (χ2v) is 13.0. The van der Waals surface area contributed by atoms with Crippen LogP contribution in [-0.4, -0.2) is 89.1 Å². The van der Waals surface area contributed by atoms with Crippen molar-refractivity contribution in [1.82, 2.24) is 19.7 Å². The lowest BCUT2D eigenvalue weighted by Gasteiger charge is -2.40. The number of nitrogens with zero attached hydrogens (tertiary/aromatic N) is 5. The van der Waals surface area contributed by atoms with Gasteiger partial charge in [0.25, 0.3) is 5.91 Å². The second-order valence-electron chi connectivity index (χ2n) is 11.6. The molecule has 0 saturated carbocycles. The van der Waals surface area contributed by atoms with Crippen molar-refractivity contribution in [1.29, 1.82) is 0 Å². The zero-order valence-corrected chi connectivity index (χ0v) is 26.9. The van der Waals surface area contributed by atoms with E-state index in [1.807, 2.05) is 41.5 Å². The first-order valence-electron chi connectivity index (χ1n) is 15.4. The molecule has 6 rings (SSSR count). The van der Waals surface area contributed by atoms with Crippen LogP contribution in [0.3, 0.4) is 0 Å². The van der Waals surface area contributed by atoms with Crippen LogP contribution in [0, 0.1) is 0 Å². The van der Waals surface area contributed by atoms with Gasteiger partial charge in [0.1, 0.15) is 0 Å². The number of amides is 4. The molecule has 0 unspecified atom stereocenters. The Bertz CT molecular complexity index is 1540. The number of hydrogen-bond donors (Lipinski definition) is 2. The van der Waals surface area contributed by atoms with Gasteiger partial charge in [-0.3, -0.25) is 9.78 Å². The number of carbonyl (C=O) groups excluding carboxylic acids is 3. The summed E-state index contributed by atoms with van der Waals surface area (Å²) in [6.45, 7) is 5.77. The van der Waals surface area contributed by atoms with E-state index in [0.717, 1.165) is 27.4 Å². The summed E-state index contributed by atoms with van der Waals surface area (Å²) in [4.78, 5) is 52.9. The molecule has 2 aromatic heterocycles. The van der Waals surface area contributed by atoms with E-state index in [9.17, 15) is 14.4 Å². The van der Waals surface area contributed by atoms with Crippen LogP contribution in [0.15, 0.2) is 48.1 Å². The first kappa shape index (κ1) is 31.0. The van der Waals surface area contributed by atoms with Crippen LogP contribution in [0.5, 0.6) is 0 Å². The minimum absolute atomic E-state index is 0.0165. The molecule has 238 valence electrons. The van der Waals surface area contributed by atoms with Gasteiger partial charge in [-0.15, -0.1) is 11.3 Å². The molecule has 4 amide bonds. The Balaban J connectivity index is 1.12. The molecule has 0 bridgehead atoms. The summed E-state index contributed by atoms with van der Waals surface area (Å²) < 4.78 is 6.01. The summed E-state index contributed by atoms with van der Waals surface area (Å²) >= 11 is 8.07. The summed E-state index contributed by atoms with van der Waals surface area (Å²) in [6.07, 6.45) is 4.11. The number of nitrogen functional groups attached to an aromatic ring is 1. The van der Waals surface area contributed by atoms with Crippen molar-refractivity contribution in [2.75, 3.05) is 55.2 Å². The minimum Gasteiger partial charge on any atom is -0.436 e. The number of anilines is 3. The summed E-state index contributed by atoms with van der Waals surface area (Å²) in [5.41, 5.74) is 10.3. The molecule has 13 heteroatoms. The molecule has 1 atom stereocenters. The molecule has 0 spiro atoms. The Morgan fingerprint density at radius 3 is 2.53 bits per heavy atom. The first-order chi connectivity index (χ1) is 21.8. The highest BCUT2D eigenvalue weighted by Gasteiger charge is 2.36. The molecule has 5 heterocycles. The molecule has 3 aliphatic rings. The van der Waals surface area contributed by atoms with E-state index >= 15 is 0 Å². The second kappa shape index (κ2) is 13.5. The van der Waals surface area contributed by atoms with Crippen molar-refractivity contribution >= 4 is 58.0 Å². The molecular formula is C32H38ClN7O4S. The van der Waals surface area contributed by atoms with Crippen LogP contribution in [0.4, 0.5) is 26.7 Å². The lowest BCUT2D eigenvalue weighted by atomic mass is 10.0. The number of aromatic nitrogens is 1. The third-order valence-corrected chi connectivity index (χ3v) is 10.2. The summed E-state index contributed by atoms with van der Waals surface area (Å²) in [5.74, 6) is -0.227. The van der Waals surface area contributed by atoms with Gasteiger partial charge in [-0.1, -0.05) is 24.6 Å². The Morgan fingerprint density at radius 1 is 1.09 bits per heavy atom. The normalized spacial score (nSPS) is 18.0. The van der Waals surface area contributed by atoms with E-state index in [1.54, 1.807) is 39.6 Å². The molecular weight excluding hydrogens is 614 g/mol. The monoisotopic (exact) mass is 651 g/mol. The molecule has 3 N–H and O–H groups in total. The van der Waals surface area contributed by atoms with Gasteiger partial charge in [-0.2, -0.15) is 0 Å². The van der Waals surface area contributed by atoms with Crippen LogP contribution >= 0.6 is 22.9 Å². The number of likely N-dealkylation sites (tertiary alicyclic amines) is 1. The van der Waals surface area contributed by atoms with Gasteiger partial charge in [-0.05, 0) is 60.0 Å². The van der Waals surface area contributed by atoms with Crippen LogP contribution in [-0.2, 0) is 28.9 Å². The maximum absolute atomic E-state index is 13.9. The quantitative estimate of drug-likeness (QED) is 0.350. The van der Waals surface area contributed by atoms with E-state index in [0.29, 0.717) is 75.8 Å². The number of piperazine rings is 1. The number of thiophene rings is 1. The van der Waals surface area contributed by atoms with Crippen LogP contribution < -0.4 is 16.0 Å². The SMILES string of the molecule is CCc1cc(C[C@@H](OC(=O)N2CCC(N3Cc4sccc4NC3=O)CC2)C(=O)N2CCN(c3ccncc3)CC2)cc(Cl)c1N. The Labute approximate surface area is 271 Å². The number of hydrogen-bond acceptors (Lipinski definition) is 8. The molecule has 1 aromatic carbocycles. The zero-order valence-electron chi connectivity index (χ0n) is 25.3. The number of nitrogens with two attached hydrogens (primary N) is 1. The van der Waals surface area contributed by atoms with Crippen molar-refractivity contribution in [3.05, 3.63) is 69.1 Å². The number of carbonyl (C=O) groups is 3. The molecule has 45 heavy (non-hydrogen) atoms. The average molecular weight is 652 g/mol. The number of ether oxygens (including phenoxy) is 1. The largest absolute Gasteiger partial charge is 0.436 e. The van der Waals surface area contributed by atoms with E-state index < -0.39 is 12.2 Å². The maximum Gasteiger partial charge on any atom is 0.410 e. The highest BCUT2D eigenvalue weighted by atomic mass is 35.5. The van der Waals surface area contributed by atoms with Crippen molar-refractivity contribution in [2.24, 2.45) is 0 Å². The number of rotatable bonds is 7. The van der Waals surface area contributed by atoms with Crippen molar-refractivity contribution in [3.8, 4) is 0 Å². The fraction of sp³-hybridized carbons (Fsp3) is 0.438. The van der Waals surface area contributed by atoms with Crippen molar-refractivity contribution in [3.63, 3.8) is 0 Å². The summed E-state index contributed by atoms with van der Waals surface area (Å²) in [5, 5.41) is 5.37. The number of piperidine rings is 1. The number of aryl methyl sites for hydroxylation is 1. The minimum atomic E-state index is -1.02. The van der Waals surface area contributed by atoms with Crippen LogP contribution in [0.1, 0.15) is 35.8 Å². The summed E-state index contributed by atoms with van der Waals surface area (Å²) in [7, 11) is 0. The van der Waals surface area contributed by atoms with Gasteiger partial charge in [0.05, 0.1) is 22.9 Å². The molecule has 11 nitrogen and oxygen atoms in total. The van der Waals surface area contributed by atoms with Crippen LogP contribution in [0.25, 0.3) is 0 Å². The maximum atomic E-state index is 13.9. The molecule has 2 saturated heterocycles. The van der Waals surface area contributed by atoms with Gasteiger partial charge in [0.15, 0.2) is 6.10 Å². The molecule has 0 aliphatic carbocycles. The zero-order chi connectivity index (χ0) is 31.5. The lowest BCUT2D eigenvalue weighted by molar-refractivity contribution is -0.141. The topological polar surface area (TPSA) is 124 Å². The van der Waals surface area contributed by atoms with E-state index in [4.69, 9.17) is 22.1 Å². The predicted molar refractivity (Wildman–Crippen MR) is 176 cm³/mol. The highest BCUT2D eigenvalue weighted by Crippen LogP contribution is 2.32. The van der Waals surface area contributed by atoms with Gasteiger partial charge in [0.2, 0.25) is 0 Å². The Kier molecular flexibility index (Phi) is 9.32. The number of urea groups is 1. The van der Waals surface area contributed by atoms with Crippen molar-refractivity contribution < 1.29 is 19.1 Å². The van der Waals surface area contributed by atoms with Gasteiger partial charge < -0.3 is 35.4 Å². The smallest absolute Gasteiger partial charge is 0.410 e. The molecule has 3 aliphatic heterocycles. The Morgan fingerprint density at radius 2 is 1.82 bits per heavy atom. The third-order valence-electron chi connectivity index (χ3n) is 8.94. The number of nitrogens with one attached hydrogen (secondary N) is 1. The fourth-order valence-corrected chi connectivity index (χ4v) is 7.41. The van der Waals surface area contributed by atoms with Gasteiger partial charge >= 0.3 is 12.1 Å². The highest BCUT2D eigenvalue weighted by molar-refractivity contribution is 7.10. The van der Waals surface area contributed by atoms with E-state index in [1.165, 1.54) is 0 Å². The van der Waals surface area contributed by atoms with Gasteiger partial charge in [0, 0.05) is 74.7 Å². The fourth-order valence-electron chi connectivity index (χ4n) is 6.32. The number of fused-ring (bicyclic) bond motifs is 1. The first-order valence-corrected chi connectivity index (χ1v) is 16.7. The summed E-state index contributed by atoms with van der Waals surface area (Å²) in [6, 6.07) is 9.43. The molecule has 3 aromatic rings. The van der Waals surface area contributed by atoms with Gasteiger partial charge in [-0.25, -0.2) is 9.59 Å². The number of halogens is 1. The molecule has 2 fully saturated rings. The predicted octanol–water partition coefficient (Wildman–Crippen LogP) is 4.85. The standard InChI is InChI=1S/C32H38ClN7O4S/c1-2-22-17-21(18-25(33)29(22)34)19-27(30(41)38-14-12-37(13-15-38)23-3-8-35-9-4-23)44-32(43)39-10-5-24(6-11-39)40-20-28-26(7-16-45-28)36-31(40)42/h3-4,7-9,16-18,24,27H,2,5-6,10-15,19-20,34H2,1H3,(H,36,42)/t27-/m1/s1. The van der Waals surface area contributed by atoms with Crippen LogP contribution in [0.2, 0.25) is 5.02 Å². The third kappa shape index (κ3) is 6.81.